The van der Waals surface area contributed by atoms with E-state index in [1.54, 1.807) is 26.0 Å². The Balaban J connectivity index is 1.25. The predicted molar refractivity (Wildman–Crippen MR) is 135 cm³/mol. The van der Waals surface area contributed by atoms with E-state index in [0.29, 0.717) is 19.4 Å². The molecule has 4 saturated heterocycles. The lowest BCUT2D eigenvalue weighted by molar-refractivity contribution is -0.251. The molecule has 2 spiro atoms. The van der Waals surface area contributed by atoms with E-state index in [2.05, 4.69) is 13.8 Å². The maximum Gasteiger partial charge on any atom is 0.338 e. The Morgan fingerprint density at radius 2 is 1.80 bits per heavy atom. The molecule has 5 aliphatic heterocycles. The summed E-state index contributed by atoms with van der Waals surface area (Å²) < 4.78 is 42.6. The lowest BCUT2D eigenvalue weighted by Crippen LogP contribution is -2.69. The van der Waals surface area contributed by atoms with Crippen molar-refractivity contribution in [1.29, 1.82) is 0 Å². The molecule has 0 aromatic carbocycles. The minimum Gasteiger partial charge on any atom is -0.463 e. The number of hydrogen-bond acceptors (Lipinski definition) is 11. The summed E-state index contributed by atoms with van der Waals surface area (Å²) >= 11 is 0. The second-order valence-electron chi connectivity index (χ2n) is 13.2. The molecule has 2 N–H and O–H groups in total. The molecule has 2 bridgehead atoms. The Labute approximate surface area is 232 Å². The van der Waals surface area contributed by atoms with Crippen molar-refractivity contribution in [2.75, 3.05) is 19.8 Å². The van der Waals surface area contributed by atoms with Crippen LogP contribution < -0.4 is 0 Å². The summed E-state index contributed by atoms with van der Waals surface area (Å²) in [5.74, 6) is -1.10. The van der Waals surface area contributed by atoms with E-state index < -0.39 is 64.5 Å². The number of carbonyl (C=O) groups excluding carboxylic acids is 2. The molecule has 0 aromatic heterocycles. The molecule has 40 heavy (non-hydrogen) atoms. The van der Waals surface area contributed by atoms with Crippen LogP contribution in [-0.4, -0.2) is 108 Å². The van der Waals surface area contributed by atoms with Crippen molar-refractivity contribution in [3.63, 3.8) is 0 Å². The molecule has 5 heterocycles. The third-order valence-corrected chi connectivity index (χ3v) is 11.1. The van der Waals surface area contributed by atoms with Gasteiger partial charge in [-0.3, -0.25) is 0 Å². The van der Waals surface area contributed by atoms with Gasteiger partial charge in [-0.2, -0.15) is 0 Å². The lowest BCUT2D eigenvalue weighted by Gasteiger charge is -2.58. The number of epoxide rings is 3. The van der Waals surface area contributed by atoms with E-state index in [9.17, 15) is 19.8 Å². The molecule has 2 saturated carbocycles. The van der Waals surface area contributed by atoms with Gasteiger partial charge in [0.15, 0.2) is 6.10 Å². The molecule has 7 rings (SSSR count). The Morgan fingerprint density at radius 1 is 1.02 bits per heavy atom. The highest BCUT2D eigenvalue weighted by Gasteiger charge is 2.86. The zero-order valence-electron chi connectivity index (χ0n) is 23.2. The number of carbonyl (C=O) groups is 2. The number of aliphatic hydroxyl groups is 2. The lowest BCUT2D eigenvalue weighted by atomic mass is 9.50. The highest BCUT2D eigenvalue weighted by molar-refractivity contribution is 5.82. The summed E-state index contributed by atoms with van der Waals surface area (Å²) in [6.07, 6.45) is 2.83. The number of esters is 2. The molecule has 220 valence electrons. The quantitative estimate of drug-likeness (QED) is 0.344. The summed E-state index contributed by atoms with van der Waals surface area (Å²) in [5.41, 5.74) is -3.54. The Kier molecular flexibility index (Phi) is 5.80. The summed E-state index contributed by atoms with van der Waals surface area (Å²) in [4.78, 5) is 26.4. The summed E-state index contributed by atoms with van der Waals surface area (Å²) in [6, 6.07) is 0. The number of allylic oxidation sites excluding steroid dienone is 2. The molecule has 7 aliphatic rings. The second-order valence-corrected chi connectivity index (χ2v) is 13.2. The van der Waals surface area contributed by atoms with Crippen LogP contribution in [-0.2, 0) is 42.7 Å². The van der Waals surface area contributed by atoms with Crippen molar-refractivity contribution in [2.45, 2.75) is 113 Å². The van der Waals surface area contributed by atoms with Crippen LogP contribution in [0, 0.1) is 10.8 Å². The highest BCUT2D eigenvalue weighted by Crippen LogP contribution is 2.75. The number of rotatable bonds is 1. The van der Waals surface area contributed by atoms with Gasteiger partial charge in [0.05, 0.1) is 42.5 Å². The molecule has 13 unspecified atom stereocenters. The van der Waals surface area contributed by atoms with Crippen LogP contribution in [0.4, 0.5) is 0 Å². The van der Waals surface area contributed by atoms with Crippen LogP contribution in [0.1, 0.15) is 47.0 Å². The van der Waals surface area contributed by atoms with Gasteiger partial charge in [-0.05, 0) is 33.6 Å². The summed E-state index contributed by atoms with van der Waals surface area (Å²) in [6.45, 7) is 7.67. The van der Waals surface area contributed by atoms with Gasteiger partial charge in [-0.15, -0.1) is 0 Å². The Bertz CT molecular complexity index is 1160. The summed E-state index contributed by atoms with van der Waals surface area (Å²) in [7, 11) is 0. The van der Waals surface area contributed by atoms with Crippen molar-refractivity contribution in [3.8, 4) is 0 Å². The SMILES string of the molecule is CC(O)C1/C=C/C=C\C(=O)OC2CC3OC4C5OC5(C)CCC4(COC(=O)C4OC4(C)C(O)CO1)C2(C)C31CO1. The fraction of sp³-hybridized carbons (Fsp3) is 0.793. The molecule has 0 amide bonds. The molecule has 2 aliphatic carbocycles. The van der Waals surface area contributed by atoms with Crippen LogP contribution in [0.3, 0.4) is 0 Å². The molecular formula is C29H38O11. The topological polar surface area (TPSA) is 149 Å². The first-order chi connectivity index (χ1) is 18.9. The van der Waals surface area contributed by atoms with E-state index in [-0.39, 0.29) is 37.1 Å². The van der Waals surface area contributed by atoms with Crippen molar-refractivity contribution < 1.29 is 53.0 Å². The number of ether oxygens (including phenoxy) is 7. The number of fused-ring (bicyclic) bond motifs is 3. The molecule has 13 atom stereocenters. The van der Waals surface area contributed by atoms with Gasteiger partial charge in [-0.1, -0.05) is 25.2 Å². The molecule has 11 heteroatoms. The van der Waals surface area contributed by atoms with Gasteiger partial charge < -0.3 is 43.4 Å². The number of hydrogen-bond donors (Lipinski definition) is 2. The van der Waals surface area contributed by atoms with Crippen LogP contribution in [0.2, 0.25) is 0 Å². The molecule has 6 fully saturated rings. The van der Waals surface area contributed by atoms with Crippen LogP contribution in [0.5, 0.6) is 0 Å². The number of cyclic esters (lactones) is 1. The first-order valence-electron chi connectivity index (χ1n) is 14.3. The van der Waals surface area contributed by atoms with E-state index in [0.717, 1.165) is 6.42 Å². The van der Waals surface area contributed by atoms with Crippen molar-refractivity contribution >= 4 is 11.9 Å². The van der Waals surface area contributed by atoms with Gasteiger partial charge >= 0.3 is 11.9 Å². The van der Waals surface area contributed by atoms with Gasteiger partial charge in [0, 0.05) is 17.9 Å². The Morgan fingerprint density at radius 3 is 2.52 bits per heavy atom. The monoisotopic (exact) mass is 562 g/mol. The molecule has 0 aromatic rings. The van der Waals surface area contributed by atoms with Crippen molar-refractivity contribution in [2.24, 2.45) is 10.8 Å². The standard InChI is InChI=1S/C29H38O11/c1-15(30)16-7-5-6-8-20(32)37-18-11-19-29(14-36-29)27(18,4)28(10-9-25(2)21(39-25)22(28)38-19)13-35-24(33)23-26(3,40-23)17(31)12-34-16/h5-8,15-19,21-23,30-31H,9-14H2,1-4H3/b7-5+,8-6-. The van der Waals surface area contributed by atoms with Crippen LogP contribution >= 0.6 is 0 Å². The minimum absolute atomic E-state index is 0.0139. The normalized spacial score (nSPS) is 57.2. The van der Waals surface area contributed by atoms with Gasteiger partial charge in [0.1, 0.15) is 42.2 Å². The predicted octanol–water partition coefficient (Wildman–Crippen LogP) is 0.736. The molecule has 0 radical (unpaired) electrons. The average molecular weight is 563 g/mol. The minimum atomic E-state index is -1.18. The third-order valence-electron chi connectivity index (χ3n) is 11.1. The van der Waals surface area contributed by atoms with E-state index in [4.69, 9.17) is 33.2 Å². The maximum absolute atomic E-state index is 13.4. The van der Waals surface area contributed by atoms with Gasteiger partial charge in [0.25, 0.3) is 0 Å². The fourth-order valence-corrected chi connectivity index (χ4v) is 8.09. The zero-order valence-corrected chi connectivity index (χ0v) is 23.2. The largest absolute Gasteiger partial charge is 0.463 e. The van der Waals surface area contributed by atoms with Crippen LogP contribution in [0.25, 0.3) is 0 Å². The fourth-order valence-electron chi connectivity index (χ4n) is 8.09. The smallest absolute Gasteiger partial charge is 0.338 e. The van der Waals surface area contributed by atoms with E-state index >= 15 is 0 Å². The second kappa shape index (κ2) is 8.59. The number of aliphatic hydroxyl groups excluding tert-OH is 2. The van der Waals surface area contributed by atoms with Crippen molar-refractivity contribution in [1.82, 2.24) is 0 Å². The first-order valence-corrected chi connectivity index (χ1v) is 14.3. The van der Waals surface area contributed by atoms with E-state index in [1.165, 1.54) is 12.2 Å². The van der Waals surface area contributed by atoms with Gasteiger partial charge in [0.2, 0.25) is 0 Å². The highest BCUT2D eigenvalue weighted by atomic mass is 16.7. The third kappa shape index (κ3) is 3.55. The van der Waals surface area contributed by atoms with Gasteiger partial charge in [-0.25, -0.2) is 9.59 Å². The zero-order chi connectivity index (χ0) is 28.3. The maximum atomic E-state index is 13.4. The van der Waals surface area contributed by atoms with Crippen LogP contribution in [0.15, 0.2) is 24.3 Å². The first kappa shape index (κ1) is 27.0. The molecular weight excluding hydrogens is 524 g/mol. The van der Waals surface area contributed by atoms with Crippen molar-refractivity contribution in [3.05, 3.63) is 24.3 Å². The summed E-state index contributed by atoms with van der Waals surface area (Å²) in [5, 5.41) is 20.9. The molecule has 11 nitrogen and oxygen atoms in total. The van der Waals surface area contributed by atoms with E-state index in [1.807, 2.05) is 0 Å². The average Bonchev–Trinajstić information content (AvgIpc) is 3.81. The Hall–Kier alpha value is -1.86.